The first-order chi connectivity index (χ1) is 8.59. The van der Waals surface area contributed by atoms with Gasteiger partial charge in [-0.2, -0.15) is 0 Å². The monoisotopic (exact) mass is 270 g/mol. The third-order valence-corrected chi connectivity index (χ3v) is 4.55. The molecule has 1 aliphatic rings. The zero-order chi connectivity index (χ0) is 13.0. The van der Waals surface area contributed by atoms with Gasteiger partial charge in [0.1, 0.15) is 0 Å². The SMILES string of the molecule is O=S(=O)(Cc1ccc(NO)cc1)NC1CCCC1. The highest BCUT2D eigenvalue weighted by Gasteiger charge is 2.21. The zero-order valence-corrected chi connectivity index (χ0v) is 10.9. The van der Waals surface area contributed by atoms with Crippen molar-refractivity contribution >= 4 is 15.7 Å². The van der Waals surface area contributed by atoms with Gasteiger partial charge >= 0.3 is 0 Å². The van der Waals surface area contributed by atoms with Crippen LogP contribution in [0.1, 0.15) is 31.2 Å². The highest BCUT2D eigenvalue weighted by Crippen LogP contribution is 2.19. The predicted molar refractivity (Wildman–Crippen MR) is 69.9 cm³/mol. The number of hydrogen-bond donors (Lipinski definition) is 3. The molecule has 0 amide bonds. The Morgan fingerprint density at radius 3 is 2.33 bits per heavy atom. The molecule has 1 aromatic rings. The number of rotatable bonds is 5. The third-order valence-electron chi connectivity index (χ3n) is 3.14. The molecule has 0 spiro atoms. The van der Waals surface area contributed by atoms with Gasteiger partial charge in [-0.1, -0.05) is 25.0 Å². The summed E-state index contributed by atoms with van der Waals surface area (Å²) in [6.07, 6.45) is 4.08. The fraction of sp³-hybridized carbons (Fsp3) is 0.500. The molecule has 0 heterocycles. The van der Waals surface area contributed by atoms with Crippen molar-refractivity contribution in [2.75, 3.05) is 5.48 Å². The van der Waals surface area contributed by atoms with E-state index < -0.39 is 10.0 Å². The molecule has 3 N–H and O–H groups in total. The smallest absolute Gasteiger partial charge is 0.216 e. The fourth-order valence-corrected chi connectivity index (χ4v) is 3.69. The Bertz CT molecular complexity index is 479. The van der Waals surface area contributed by atoms with E-state index in [0.717, 1.165) is 25.7 Å². The molecule has 18 heavy (non-hydrogen) atoms. The number of anilines is 1. The second kappa shape index (κ2) is 5.69. The molecule has 1 aliphatic carbocycles. The molecular weight excluding hydrogens is 252 g/mol. The van der Waals surface area contributed by atoms with Crippen LogP contribution >= 0.6 is 0 Å². The molecule has 0 aromatic heterocycles. The molecule has 5 nitrogen and oxygen atoms in total. The van der Waals surface area contributed by atoms with Crippen molar-refractivity contribution < 1.29 is 13.6 Å². The molecule has 0 atom stereocenters. The number of hydrogen-bond acceptors (Lipinski definition) is 4. The van der Waals surface area contributed by atoms with Gasteiger partial charge in [-0.05, 0) is 30.5 Å². The molecule has 0 bridgehead atoms. The molecule has 2 rings (SSSR count). The van der Waals surface area contributed by atoms with E-state index in [2.05, 4.69) is 4.72 Å². The lowest BCUT2D eigenvalue weighted by molar-refractivity contribution is 0.389. The molecule has 0 radical (unpaired) electrons. The van der Waals surface area contributed by atoms with Gasteiger partial charge in [0.2, 0.25) is 10.0 Å². The number of sulfonamides is 1. The van der Waals surface area contributed by atoms with E-state index in [1.54, 1.807) is 24.3 Å². The highest BCUT2D eigenvalue weighted by atomic mass is 32.2. The lowest BCUT2D eigenvalue weighted by Crippen LogP contribution is -2.33. The summed E-state index contributed by atoms with van der Waals surface area (Å²) in [5.41, 5.74) is 3.26. The van der Waals surface area contributed by atoms with Crippen molar-refractivity contribution in [2.24, 2.45) is 0 Å². The molecule has 0 unspecified atom stereocenters. The van der Waals surface area contributed by atoms with Crippen LogP contribution in [0.25, 0.3) is 0 Å². The molecular formula is C12H18N2O3S. The van der Waals surface area contributed by atoms with Crippen LogP contribution in [-0.2, 0) is 15.8 Å². The topological polar surface area (TPSA) is 78.4 Å². The summed E-state index contributed by atoms with van der Waals surface area (Å²) in [6.45, 7) is 0. The summed E-state index contributed by atoms with van der Waals surface area (Å²) in [5.74, 6) is -0.0186. The molecule has 1 saturated carbocycles. The van der Waals surface area contributed by atoms with E-state index in [-0.39, 0.29) is 11.8 Å². The first-order valence-corrected chi connectivity index (χ1v) is 7.73. The first kappa shape index (κ1) is 13.3. The van der Waals surface area contributed by atoms with Gasteiger partial charge in [0.25, 0.3) is 0 Å². The summed E-state index contributed by atoms with van der Waals surface area (Å²) >= 11 is 0. The Hall–Kier alpha value is -1.11. The third kappa shape index (κ3) is 3.69. The Balaban J connectivity index is 1.97. The summed E-state index contributed by atoms with van der Waals surface area (Å²) < 4.78 is 26.6. The van der Waals surface area contributed by atoms with E-state index in [4.69, 9.17) is 5.21 Å². The van der Waals surface area contributed by atoms with Gasteiger partial charge in [-0.15, -0.1) is 0 Å². The summed E-state index contributed by atoms with van der Waals surface area (Å²) in [5, 5.41) is 8.67. The van der Waals surface area contributed by atoms with Crippen molar-refractivity contribution in [1.82, 2.24) is 4.72 Å². The van der Waals surface area contributed by atoms with Gasteiger partial charge in [-0.3, -0.25) is 10.7 Å². The molecule has 0 saturated heterocycles. The molecule has 1 fully saturated rings. The van der Waals surface area contributed by atoms with Crippen LogP contribution in [0.4, 0.5) is 5.69 Å². The molecule has 1 aromatic carbocycles. The normalized spacial score (nSPS) is 16.9. The van der Waals surface area contributed by atoms with E-state index in [9.17, 15) is 8.42 Å². The standard InChI is InChI=1S/C12H18N2O3S/c15-13-11-7-5-10(6-8-11)9-18(16,17)14-12-3-1-2-4-12/h5-8,12-15H,1-4,9H2. The van der Waals surface area contributed by atoms with E-state index in [1.807, 2.05) is 5.48 Å². The van der Waals surface area contributed by atoms with Crippen molar-refractivity contribution in [1.29, 1.82) is 0 Å². The minimum Gasteiger partial charge on any atom is -0.291 e. The van der Waals surface area contributed by atoms with Crippen LogP contribution in [0.5, 0.6) is 0 Å². The lowest BCUT2D eigenvalue weighted by atomic mass is 10.2. The number of benzene rings is 1. The van der Waals surface area contributed by atoms with Crippen molar-refractivity contribution in [3.05, 3.63) is 29.8 Å². The Morgan fingerprint density at radius 2 is 1.78 bits per heavy atom. The van der Waals surface area contributed by atoms with Crippen molar-refractivity contribution in [3.63, 3.8) is 0 Å². The Labute approximate surface area is 107 Å². The second-order valence-electron chi connectivity index (χ2n) is 4.67. The fourth-order valence-electron chi connectivity index (χ4n) is 2.23. The average molecular weight is 270 g/mol. The van der Waals surface area contributed by atoms with Gasteiger partial charge in [0.05, 0.1) is 11.4 Å². The van der Waals surface area contributed by atoms with Crippen LogP contribution in [-0.4, -0.2) is 19.7 Å². The maximum Gasteiger partial charge on any atom is 0.216 e. The maximum absolute atomic E-state index is 11.9. The number of nitrogens with one attached hydrogen (secondary N) is 2. The van der Waals surface area contributed by atoms with Gasteiger partial charge in [0.15, 0.2) is 0 Å². The van der Waals surface area contributed by atoms with Crippen molar-refractivity contribution in [2.45, 2.75) is 37.5 Å². The first-order valence-electron chi connectivity index (χ1n) is 6.08. The molecule has 100 valence electrons. The maximum atomic E-state index is 11.9. The van der Waals surface area contributed by atoms with Crippen LogP contribution in [0, 0.1) is 0 Å². The van der Waals surface area contributed by atoms with Crippen LogP contribution in [0.3, 0.4) is 0 Å². The summed E-state index contributed by atoms with van der Waals surface area (Å²) in [7, 11) is -3.27. The molecule has 6 heteroatoms. The Kier molecular flexibility index (Phi) is 4.21. The summed E-state index contributed by atoms with van der Waals surface area (Å²) in [4.78, 5) is 0. The predicted octanol–water partition coefficient (Wildman–Crippen LogP) is 1.85. The minimum absolute atomic E-state index is 0.0186. The Morgan fingerprint density at radius 1 is 1.17 bits per heavy atom. The van der Waals surface area contributed by atoms with Crippen LogP contribution in [0.2, 0.25) is 0 Å². The van der Waals surface area contributed by atoms with Gasteiger partial charge in [0, 0.05) is 6.04 Å². The highest BCUT2D eigenvalue weighted by molar-refractivity contribution is 7.88. The summed E-state index contributed by atoms with van der Waals surface area (Å²) in [6, 6.07) is 6.76. The average Bonchev–Trinajstić information content (AvgIpc) is 2.81. The van der Waals surface area contributed by atoms with Crippen LogP contribution in [0.15, 0.2) is 24.3 Å². The lowest BCUT2D eigenvalue weighted by Gasteiger charge is -2.12. The molecule has 0 aliphatic heterocycles. The van der Waals surface area contributed by atoms with Crippen molar-refractivity contribution in [3.8, 4) is 0 Å². The van der Waals surface area contributed by atoms with E-state index in [1.165, 1.54) is 0 Å². The van der Waals surface area contributed by atoms with Crippen LogP contribution < -0.4 is 10.2 Å². The quantitative estimate of drug-likeness (QED) is 0.713. The van der Waals surface area contributed by atoms with Gasteiger partial charge in [-0.25, -0.2) is 13.1 Å². The van der Waals surface area contributed by atoms with Gasteiger partial charge < -0.3 is 0 Å². The minimum atomic E-state index is -3.27. The van der Waals surface area contributed by atoms with E-state index in [0.29, 0.717) is 11.3 Å². The van der Waals surface area contributed by atoms with E-state index >= 15 is 0 Å². The second-order valence-corrected chi connectivity index (χ2v) is 6.42. The zero-order valence-electron chi connectivity index (χ0n) is 10.1. The largest absolute Gasteiger partial charge is 0.291 e.